The van der Waals surface area contributed by atoms with Crippen LogP contribution >= 0.6 is 0 Å². The van der Waals surface area contributed by atoms with Gasteiger partial charge >= 0.3 is 11.9 Å². The number of nitrogens with two attached hydrogens (primary N) is 2. The highest BCUT2D eigenvalue weighted by atomic mass is 16.5. The summed E-state index contributed by atoms with van der Waals surface area (Å²) in [6.07, 6.45) is -0.462. The number of carbonyl (C=O) groups is 6. The minimum atomic E-state index is -1.69. The second-order valence-electron chi connectivity index (χ2n) is 14.4. The maximum absolute atomic E-state index is 14.2. The van der Waals surface area contributed by atoms with E-state index < -0.39 is 78.7 Å². The third-order valence-corrected chi connectivity index (χ3v) is 10.2. The molecule has 5 rings (SSSR count). The van der Waals surface area contributed by atoms with Crippen molar-refractivity contribution in [2.75, 3.05) is 34.4 Å². The predicted molar refractivity (Wildman–Crippen MR) is 226 cm³/mol. The number of carboxylic acids is 2. The van der Waals surface area contributed by atoms with Crippen molar-refractivity contribution in [3.8, 4) is 17.2 Å². The van der Waals surface area contributed by atoms with Crippen LogP contribution in [0.4, 0.5) is 0 Å². The van der Waals surface area contributed by atoms with Gasteiger partial charge in [0.25, 0.3) is 0 Å². The first-order valence-electron chi connectivity index (χ1n) is 19.6. The van der Waals surface area contributed by atoms with Gasteiger partial charge in [0.2, 0.25) is 29.4 Å². The number of methoxy groups -OCH3 is 3. The lowest BCUT2D eigenvalue weighted by molar-refractivity contribution is -0.143. The van der Waals surface area contributed by atoms with Crippen LogP contribution in [0.3, 0.4) is 0 Å². The number of carboxylic acid groups (broad SMARTS) is 2. The van der Waals surface area contributed by atoms with E-state index in [-0.39, 0.29) is 38.2 Å². The van der Waals surface area contributed by atoms with Crippen LogP contribution in [0.2, 0.25) is 0 Å². The third-order valence-electron chi connectivity index (χ3n) is 10.2. The van der Waals surface area contributed by atoms with Gasteiger partial charge in [0.05, 0.1) is 46.4 Å². The number of amides is 4. The van der Waals surface area contributed by atoms with Crippen molar-refractivity contribution in [2.24, 2.45) is 16.5 Å². The normalized spacial score (nSPS) is 15.7. The van der Waals surface area contributed by atoms with E-state index in [9.17, 15) is 39.0 Å². The van der Waals surface area contributed by atoms with Crippen LogP contribution in [0.15, 0.2) is 71.7 Å². The second kappa shape index (κ2) is 21.3. The fourth-order valence-electron chi connectivity index (χ4n) is 7.22. The molecule has 2 heterocycles. The molecule has 5 atom stereocenters. The molecule has 20 heteroatoms. The van der Waals surface area contributed by atoms with Crippen LogP contribution in [0, 0.1) is 0 Å². The number of guanidine groups is 1. The van der Waals surface area contributed by atoms with Gasteiger partial charge in [-0.2, -0.15) is 0 Å². The van der Waals surface area contributed by atoms with Gasteiger partial charge in [-0.05, 0) is 54.2 Å². The Morgan fingerprint density at radius 3 is 2.15 bits per heavy atom. The second-order valence-corrected chi connectivity index (χ2v) is 14.4. The molecule has 1 aliphatic heterocycles. The van der Waals surface area contributed by atoms with Crippen molar-refractivity contribution in [3.63, 3.8) is 0 Å². The zero-order chi connectivity index (χ0) is 44.9. The van der Waals surface area contributed by atoms with Crippen LogP contribution in [0.5, 0.6) is 17.2 Å². The average molecular weight is 858 g/mol. The molecule has 0 saturated carbocycles. The summed E-state index contributed by atoms with van der Waals surface area (Å²) >= 11 is 0. The van der Waals surface area contributed by atoms with E-state index in [1.54, 1.807) is 42.5 Å². The Hall–Kier alpha value is -7.35. The van der Waals surface area contributed by atoms with Crippen LogP contribution in [0.1, 0.15) is 47.7 Å². The molecule has 0 saturated heterocycles. The van der Waals surface area contributed by atoms with Crippen LogP contribution in [-0.4, -0.2) is 115 Å². The zero-order valence-electron chi connectivity index (χ0n) is 34.4. The van der Waals surface area contributed by atoms with Gasteiger partial charge in [-0.25, -0.2) is 4.79 Å². The molecule has 3 aromatic carbocycles. The fraction of sp³-hybridized carbons (Fsp3) is 0.357. The van der Waals surface area contributed by atoms with E-state index in [4.69, 9.17) is 25.7 Å². The Morgan fingerprint density at radius 2 is 1.52 bits per heavy atom. The lowest BCUT2D eigenvalue weighted by Gasteiger charge is -2.32. The number of carbonyl (C=O) groups excluding carboxylic acids is 4. The summed E-state index contributed by atoms with van der Waals surface area (Å²) in [7, 11) is 4.49. The highest BCUT2D eigenvalue weighted by molar-refractivity contribution is 5.96. The number of H-pyrrole nitrogens is 1. The number of aromatic nitrogens is 1. The van der Waals surface area contributed by atoms with Crippen LogP contribution < -0.4 is 52.3 Å². The molecule has 0 fully saturated rings. The first-order valence-corrected chi connectivity index (χ1v) is 19.6. The Bertz CT molecular complexity index is 2270. The number of rotatable bonds is 21. The monoisotopic (exact) mass is 857 g/mol. The van der Waals surface area contributed by atoms with Crippen molar-refractivity contribution in [3.05, 3.63) is 89.1 Å². The van der Waals surface area contributed by atoms with Crippen molar-refractivity contribution < 1.29 is 53.2 Å². The molecule has 20 nitrogen and oxygen atoms in total. The number of fused-ring (bicyclic) bond motifs is 3. The maximum Gasteiger partial charge on any atom is 0.326 e. The maximum atomic E-state index is 14.2. The molecule has 12 N–H and O–H groups in total. The largest absolute Gasteiger partial charge is 0.493 e. The molecule has 1 aliphatic rings. The predicted octanol–water partition coefficient (Wildman–Crippen LogP) is 0.224. The number of hydrogen-bond acceptors (Lipinski definition) is 11. The molecule has 0 aliphatic carbocycles. The summed E-state index contributed by atoms with van der Waals surface area (Å²) in [6, 6.07) is 13.9. The molecule has 0 spiro atoms. The van der Waals surface area contributed by atoms with Gasteiger partial charge in [0, 0.05) is 29.6 Å². The fourth-order valence-corrected chi connectivity index (χ4v) is 7.22. The Balaban J connectivity index is 1.32. The summed E-state index contributed by atoms with van der Waals surface area (Å²) in [5.74, 6) is -5.11. The van der Waals surface area contributed by atoms with Crippen molar-refractivity contribution in [1.82, 2.24) is 31.6 Å². The third kappa shape index (κ3) is 11.7. The number of aromatic amines is 1. The Labute approximate surface area is 356 Å². The minimum Gasteiger partial charge on any atom is -0.493 e. The van der Waals surface area contributed by atoms with E-state index in [0.717, 1.165) is 22.2 Å². The number of nitrogens with zero attached hydrogens (tertiary/aromatic N) is 1. The molecular formula is C42H51N9O11. The number of nitrogens with one attached hydrogen (secondary N) is 6. The summed E-state index contributed by atoms with van der Waals surface area (Å²) in [5, 5.41) is 33.3. The van der Waals surface area contributed by atoms with Crippen molar-refractivity contribution in [2.45, 2.75) is 62.3 Å². The van der Waals surface area contributed by atoms with Gasteiger partial charge in [0.1, 0.15) is 18.1 Å². The van der Waals surface area contributed by atoms with E-state index in [0.29, 0.717) is 28.4 Å². The lowest BCUT2D eigenvalue weighted by Crippen LogP contribution is -2.57. The molecule has 62 heavy (non-hydrogen) atoms. The molecule has 2 unspecified atom stereocenters. The molecule has 1 aromatic heterocycles. The molecule has 0 radical (unpaired) electrons. The van der Waals surface area contributed by atoms with E-state index in [2.05, 4.69) is 36.6 Å². The Morgan fingerprint density at radius 1 is 0.839 bits per heavy atom. The van der Waals surface area contributed by atoms with E-state index >= 15 is 0 Å². The number of ether oxygens (including phenoxy) is 3. The number of aliphatic carboxylic acids is 2. The highest BCUT2D eigenvalue weighted by Crippen LogP contribution is 2.43. The van der Waals surface area contributed by atoms with Gasteiger partial charge in [0.15, 0.2) is 17.5 Å². The number of hydrogen-bond donors (Lipinski definition) is 10. The smallest absolute Gasteiger partial charge is 0.326 e. The lowest BCUT2D eigenvalue weighted by atomic mass is 9.89. The van der Waals surface area contributed by atoms with Crippen LogP contribution in [-0.2, 0) is 41.6 Å². The molecule has 330 valence electrons. The van der Waals surface area contributed by atoms with Gasteiger partial charge in [-0.15, -0.1) is 0 Å². The summed E-state index contributed by atoms with van der Waals surface area (Å²) < 4.78 is 16.8. The first-order chi connectivity index (χ1) is 29.7. The quantitative estimate of drug-likeness (QED) is 0.0305. The molecular weight excluding hydrogens is 807 g/mol. The molecule has 0 bridgehead atoms. The standard InChI is InChI=1S/C42H51N9O11/c1-60-31-17-23(18-32(61-2)37(31)62-3)35-36-25(24-12-7-8-13-26(24)48-36)19-28(49-35)39(56)50-27(14-9-15-45-42(43)44)38(55)46-21-33(52)47-29(20-34(53)54)40(57)51-30(41(58)59)16-22-10-5-4-6-11-22/h4-8,10-13,17-18,27-30,35,48-49H,9,14-16,19-21H2,1-3H3,(H,46,55)(H,47,52)(H,50,56)(H,51,57)(H,53,54)(H,58,59)(H4,43,44,45)/t27-,28?,29-,30-,35?/m0/s1. The summed E-state index contributed by atoms with van der Waals surface area (Å²) in [4.78, 5) is 85.2. The SMILES string of the molecule is COc1cc(C2NC(C(=O)N[C@@H](CCCN=C(N)N)C(=O)NCC(=O)N[C@@H](CC(=O)O)C(=O)N[C@@H](Cc3ccccc3)C(=O)O)Cc3c2[nH]c2ccccc32)cc(OC)c1OC. The number of para-hydroxylation sites is 1. The molecule has 4 amide bonds. The van der Waals surface area contributed by atoms with Crippen molar-refractivity contribution in [1.29, 1.82) is 0 Å². The topological polar surface area (TPSA) is 311 Å². The van der Waals surface area contributed by atoms with Gasteiger partial charge in [-0.1, -0.05) is 48.5 Å². The first kappa shape index (κ1) is 45.7. The highest BCUT2D eigenvalue weighted by Gasteiger charge is 2.37. The van der Waals surface area contributed by atoms with E-state index in [1.165, 1.54) is 21.3 Å². The minimum absolute atomic E-state index is 0.0410. The van der Waals surface area contributed by atoms with Gasteiger partial charge < -0.3 is 62.1 Å². The van der Waals surface area contributed by atoms with E-state index in [1.807, 2.05) is 24.3 Å². The summed E-state index contributed by atoms with van der Waals surface area (Å²) in [6.45, 7) is -0.599. The average Bonchev–Trinajstić information content (AvgIpc) is 3.63. The van der Waals surface area contributed by atoms with Crippen LogP contribution in [0.25, 0.3) is 10.9 Å². The molecule has 4 aromatic rings. The Kier molecular flexibility index (Phi) is 15.7. The number of benzene rings is 3. The number of aliphatic imine (C=N–C) groups is 1. The van der Waals surface area contributed by atoms with Crippen molar-refractivity contribution >= 4 is 52.4 Å². The summed E-state index contributed by atoms with van der Waals surface area (Å²) in [5.41, 5.74) is 14.8. The van der Waals surface area contributed by atoms with Gasteiger partial charge in [-0.3, -0.25) is 34.3 Å². The zero-order valence-corrected chi connectivity index (χ0v) is 34.4.